The molecule has 0 saturated heterocycles. The van der Waals surface area contributed by atoms with Crippen LogP contribution < -0.4 is 15.6 Å². The van der Waals surface area contributed by atoms with E-state index in [0.717, 1.165) is 11.1 Å². The van der Waals surface area contributed by atoms with Gasteiger partial charge < -0.3 is 10.1 Å². The molecule has 0 spiro atoms. The molecule has 0 unspecified atom stereocenters. The number of carbonyl (C=O) groups is 1. The van der Waals surface area contributed by atoms with Crippen molar-refractivity contribution >= 4 is 22.8 Å². The lowest BCUT2D eigenvalue weighted by atomic mass is 9.87. The van der Waals surface area contributed by atoms with Crippen molar-refractivity contribution in [3.63, 3.8) is 0 Å². The van der Waals surface area contributed by atoms with Crippen molar-refractivity contribution in [2.75, 3.05) is 5.32 Å². The highest BCUT2D eigenvalue weighted by molar-refractivity contribution is 5.99. The summed E-state index contributed by atoms with van der Waals surface area (Å²) in [6.07, 6.45) is 1.46. The van der Waals surface area contributed by atoms with E-state index in [9.17, 15) is 9.59 Å². The van der Waals surface area contributed by atoms with Crippen molar-refractivity contribution in [3.8, 4) is 17.4 Å². The standard InChI is InChI=1S/C24H19N7O3/c1-13-11-19(31(29-13)24-27-21-16(22(32)28-24)12-25-30(21)2)26-23(33)20-14-7-3-5-9-17(14)34-18-10-6-4-8-15(18)20/h3-12,20H,1-2H3,(H,26,33)(H,27,28,32). The third kappa shape index (κ3) is 3.07. The third-order valence-electron chi connectivity index (χ3n) is 5.81. The molecule has 1 amide bonds. The number of aromatic nitrogens is 6. The number of ether oxygens (including phenoxy) is 1. The molecular formula is C24H19N7O3. The van der Waals surface area contributed by atoms with Crippen LogP contribution in [0.2, 0.25) is 0 Å². The van der Waals surface area contributed by atoms with Crippen LogP contribution in [0, 0.1) is 6.92 Å². The first-order valence-electron chi connectivity index (χ1n) is 10.7. The predicted octanol–water partition coefficient (Wildman–Crippen LogP) is 3.03. The van der Waals surface area contributed by atoms with Gasteiger partial charge in [-0.05, 0) is 19.1 Å². The van der Waals surface area contributed by atoms with Crippen molar-refractivity contribution in [1.82, 2.24) is 29.5 Å². The van der Waals surface area contributed by atoms with Crippen LogP contribution in [0.15, 0.2) is 65.6 Å². The molecule has 2 N–H and O–H groups in total. The number of aryl methyl sites for hydroxylation is 2. The lowest BCUT2D eigenvalue weighted by Gasteiger charge is -2.27. The smallest absolute Gasteiger partial charge is 0.263 e. The highest BCUT2D eigenvalue weighted by Gasteiger charge is 2.33. The Morgan fingerprint density at radius 1 is 1.09 bits per heavy atom. The largest absolute Gasteiger partial charge is 0.457 e. The van der Waals surface area contributed by atoms with Gasteiger partial charge in [0.15, 0.2) is 5.65 Å². The number of benzene rings is 2. The number of carbonyl (C=O) groups excluding carboxylic acids is 1. The Morgan fingerprint density at radius 2 is 1.76 bits per heavy atom. The van der Waals surface area contributed by atoms with E-state index in [1.54, 1.807) is 20.0 Å². The molecule has 4 heterocycles. The molecular weight excluding hydrogens is 434 g/mol. The number of nitrogens with zero attached hydrogens (tertiary/aromatic N) is 5. The van der Waals surface area contributed by atoms with Crippen molar-refractivity contribution in [3.05, 3.63) is 88.0 Å². The van der Waals surface area contributed by atoms with E-state index in [2.05, 4.69) is 25.5 Å². The Balaban J connectivity index is 1.43. The lowest BCUT2D eigenvalue weighted by molar-refractivity contribution is -0.116. The SMILES string of the molecule is Cc1cc(NC(=O)C2c3ccccc3Oc3ccccc32)n(-c2nc3c(cnn3C)c(=O)[nH]2)n1. The van der Waals surface area contributed by atoms with Gasteiger partial charge in [0.25, 0.3) is 5.56 Å². The first kappa shape index (κ1) is 19.9. The summed E-state index contributed by atoms with van der Waals surface area (Å²) < 4.78 is 8.93. The number of H-pyrrole nitrogens is 1. The maximum atomic E-state index is 13.7. The number of hydrogen-bond acceptors (Lipinski definition) is 6. The molecule has 34 heavy (non-hydrogen) atoms. The Labute approximate surface area is 192 Å². The molecule has 0 aliphatic carbocycles. The molecule has 10 heteroatoms. The van der Waals surface area contributed by atoms with Gasteiger partial charge in [0.2, 0.25) is 11.9 Å². The van der Waals surface area contributed by atoms with Crippen molar-refractivity contribution in [1.29, 1.82) is 0 Å². The average molecular weight is 453 g/mol. The predicted molar refractivity (Wildman–Crippen MR) is 124 cm³/mol. The molecule has 0 radical (unpaired) electrons. The molecule has 0 atom stereocenters. The summed E-state index contributed by atoms with van der Waals surface area (Å²) in [5, 5.41) is 11.9. The van der Waals surface area contributed by atoms with Crippen LogP contribution in [0.4, 0.5) is 5.82 Å². The second-order valence-electron chi connectivity index (χ2n) is 8.08. The van der Waals surface area contributed by atoms with Gasteiger partial charge in [0, 0.05) is 24.2 Å². The summed E-state index contributed by atoms with van der Waals surface area (Å²) in [7, 11) is 1.70. The number of para-hydroxylation sites is 2. The molecule has 168 valence electrons. The summed E-state index contributed by atoms with van der Waals surface area (Å²) in [5.41, 5.74) is 2.26. The number of fused-ring (bicyclic) bond motifs is 3. The summed E-state index contributed by atoms with van der Waals surface area (Å²) in [6.45, 7) is 1.80. The van der Waals surface area contributed by atoms with Crippen LogP contribution in [0.5, 0.6) is 11.5 Å². The maximum Gasteiger partial charge on any atom is 0.263 e. The monoisotopic (exact) mass is 453 g/mol. The van der Waals surface area contributed by atoms with Gasteiger partial charge in [-0.2, -0.15) is 19.9 Å². The van der Waals surface area contributed by atoms with Gasteiger partial charge >= 0.3 is 0 Å². The fourth-order valence-electron chi connectivity index (χ4n) is 4.26. The van der Waals surface area contributed by atoms with Gasteiger partial charge in [-0.15, -0.1) is 0 Å². The Hall–Kier alpha value is -4.73. The van der Waals surface area contributed by atoms with Crippen LogP contribution in [-0.4, -0.2) is 35.4 Å². The van der Waals surface area contributed by atoms with Crippen molar-refractivity contribution < 1.29 is 9.53 Å². The lowest BCUT2D eigenvalue weighted by Crippen LogP contribution is -2.26. The molecule has 0 saturated carbocycles. The van der Waals surface area contributed by atoms with Crippen molar-refractivity contribution in [2.24, 2.45) is 7.05 Å². The average Bonchev–Trinajstić information content (AvgIpc) is 3.39. The van der Waals surface area contributed by atoms with Gasteiger partial charge in [-0.3, -0.25) is 19.3 Å². The zero-order chi connectivity index (χ0) is 23.4. The maximum absolute atomic E-state index is 13.7. The van der Waals surface area contributed by atoms with E-state index in [0.29, 0.717) is 34.0 Å². The normalized spacial score (nSPS) is 12.8. The van der Waals surface area contributed by atoms with E-state index in [-0.39, 0.29) is 17.4 Å². The van der Waals surface area contributed by atoms with Crippen LogP contribution >= 0.6 is 0 Å². The van der Waals surface area contributed by atoms with Crippen LogP contribution in [0.25, 0.3) is 17.0 Å². The fourth-order valence-corrected chi connectivity index (χ4v) is 4.26. The molecule has 0 fully saturated rings. The van der Waals surface area contributed by atoms with Crippen molar-refractivity contribution in [2.45, 2.75) is 12.8 Å². The number of hydrogen-bond donors (Lipinski definition) is 2. The van der Waals surface area contributed by atoms with Gasteiger partial charge in [-0.25, -0.2) is 0 Å². The Kier molecular flexibility index (Phi) is 4.34. The molecule has 5 aromatic rings. The van der Waals surface area contributed by atoms with E-state index in [4.69, 9.17) is 4.74 Å². The minimum atomic E-state index is -0.587. The second-order valence-corrected chi connectivity index (χ2v) is 8.08. The van der Waals surface area contributed by atoms with E-state index in [1.807, 2.05) is 48.5 Å². The number of anilines is 1. The molecule has 3 aromatic heterocycles. The van der Waals surface area contributed by atoms with Crippen LogP contribution in [0.1, 0.15) is 22.7 Å². The topological polar surface area (TPSA) is 120 Å². The van der Waals surface area contributed by atoms with Crippen LogP contribution in [-0.2, 0) is 11.8 Å². The van der Waals surface area contributed by atoms with Crippen LogP contribution in [0.3, 0.4) is 0 Å². The molecule has 2 aromatic carbocycles. The highest BCUT2D eigenvalue weighted by Crippen LogP contribution is 2.44. The minimum absolute atomic E-state index is 0.178. The summed E-state index contributed by atoms with van der Waals surface area (Å²) in [5.74, 6) is 0.993. The zero-order valence-corrected chi connectivity index (χ0v) is 18.3. The Morgan fingerprint density at radius 3 is 2.47 bits per heavy atom. The first-order chi connectivity index (χ1) is 16.5. The molecule has 1 aliphatic heterocycles. The molecule has 0 bridgehead atoms. The number of aromatic amines is 1. The second kappa shape index (κ2) is 7.41. The summed E-state index contributed by atoms with van der Waals surface area (Å²) in [6, 6.07) is 16.7. The summed E-state index contributed by atoms with van der Waals surface area (Å²) in [4.78, 5) is 33.5. The minimum Gasteiger partial charge on any atom is -0.457 e. The summed E-state index contributed by atoms with van der Waals surface area (Å²) >= 11 is 0. The van der Waals surface area contributed by atoms with Gasteiger partial charge in [-0.1, -0.05) is 36.4 Å². The van der Waals surface area contributed by atoms with E-state index < -0.39 is 5.92 Å². The molecule has 1 aliphatic rings. The highest BCUT2D eigenvalue weighted by atomic mass is 16.5. The number of rotatable bonds is 3. The fraction of sp³-hybridized carbons (Fsp3) is 0.125. The van der Waals surface area contributed by atoms with E-state index >= 15 is 0 Å². The third-order valence-corrected chi connectivity index (χ3v) is 5.81. The van der Waals surface area contributed by atoms with Gasteiger partial charge in [0.1, 0.15) is 22.7 Å². The first-order valence-corrected chi connectivity index (χ1v) is 10.7. The molecule has 6 rings (SSSR count). The number of amides is 1. The molecule has 10 nitrogen and oxygen atoms in total. The van der Waals surface area contributed by atoms with E-state index in [1.165, 1.54) is 15.6 Å². The Bertz CT molecular complexity index is 1600. The number of nitrogens with one attached hydrogen (secondary N) is 2. The zero-order valence-electron chi connectivity index (χ0n) is 18.3. The van der Waals surface area contributed by atoms with Gasteiger partial charge in [0.05, 0.1) is 17.8 Å². The quantitative estimate of drug-likeness (QED) is 0.433.